The van der Waals surface area contributed by atoms with Crippen LogP contribution in [0.3, 0.4) is 0 Å². The van der Waals surface area contributed by atoms with E-state index in [1.165, 1.54) is 0 Å². The number of pyridine rings is 1. The fourth-order valence-corrected chi connectivity index (χ4v) is 1.63. The van der Waals surface area contributed by atoms with Gasteiger partial charge in [-0.2, -0.15) is 0 Å². The highest BCUT2D eigenvalue weighted by atomic mass is 16.1. The fourth-order valence-electron chi connectivity index (χ4n) is 1.63. The van der Waals surface area contributed by atoms with Crippen LogP contribution in [0, 0.1) is 6.92 Å². The highest BCUT2D eigenvalue weighted by Crippen LogP contribution is 2.18. The molecule has 18 heavy (non-hydrogen) atoms. The summed E-state index contributed by atoms with van der Waals surface area (Å²) in [5.74, 6) is 5.28. The van der Waals surface area contributed by atoms with E-state index >= 15 is 0 Å². The van der Waals surface area contributed by atoms with Crippen molar-refractivity contribution in [3.05, 3.63) is 23.5 Å². The largest absolute Gasteiger partial charge is 0.347 e. The molecule has 0 aliphatic rings. The molecule has 0 aromatic carbocycles. The minimum atomic E-state index is -0.201. The average Bonchev–Trinajstić information content (AvgIpc) is 2.38. The van der Waals surface area contributed by atoms with Gasteiger partial charge in [-0.3, -0.25) is 15.6 Å². The summed E-state index contributed by atoms with van der Waals surface area (Å²) in [6.07, 6.45) is 3.30. The molecule has 0 saturated carbocycles. The Morgan fingerprint density at radius 1 is 1.44 bits per heavy atom. The van der Waals surface area contributed by atoms with E-state index in [-0.39, 0.29) is 11.4 Å². The van der Waals surface area contributed by atoms with Gasteiger partial charge in [0.1, 0.15) is 0 Å². The highest BCUT2D eigenvalue weighted by molar-refractivity contribution is 5.99. The summed E-state index contributed by atoms with van der Waals surface area (Å²) >= 11 is 0. The van der Waals surface area contributed by atoms with E-state index in [9.17, 15) is 4.79 Å². The average molecular weight is 250 g/mol. The Bertz CT molecular complexity index is 427. The number of amides is 1. The van der Waals surface area contributed by atoms with E-state index in [1.54, 1.807) is 12.3 Å². The molecule has 0 bridgehead atoms. The van der Waals surface area contributed by atoms with Crippen LogP contribution in [0.5, 0.6) is 0 Å². The second-order valence-electron chi connectivity index (χ2n) is 4.74. The number of hydrogen-bond acceptors (Lipinski definition) is 4. The van der Waals surface area contributed by atoms with E-state index in [0.717, 1.165) is 18.5 Å². The number of nitrogen functional groups attached to an aromatic ring is 1. The third kappa shape index (κ3) is 3.20. The Hall–Kier alpha value is -1.62. The van der Waals surface area contributed by atoms with Crippen molar-refractivity contribution in [3.63, 3.8) is 0 Å². The molecule has 0 unspecified atom stereocenters. The zero-order chi connectivity index (χ0) is 13.8. The lowest BCUT2D eigenvalue weighted by molar-refractivity contribution is 0.0901. The topological polar surface area (TPSA) is 80.0 Å². The van der Waals surface area contributed by atoms with Gasteiger partial charge in [0, 0.05) is 17.4 Å². The summed E-state index contributed by atoms with van der Waals surface area (Å²) < 4.78 is 0. The molecule has 0 atom stereocenters. The number of hydrazine groups is 1. The van der Waals surface area contributed by atoms with Crippen LogP contribution in [0.15, 0.2) is 12.3 Å². The molecule has 1 aromatic rings. The molecule has 1 heterocycles. The number of hydrogen-bond donors (Lipinski definition) is 3. The van der Waals surface area contributed by atoms with Gasteiger partial charge in [0.05, 0.1) is 11.3 Å². The molecule has 0 spiro atoms. The number of nitrogens with two attached hydrogens (primary N) is 1. The Balaban J connectivity index is 2.97. The molecule has 0 fully saturated rings. The van der Waals surface area contributed by atoms with Crippen molar-refractivity contribution in [2.24, 2.45) is 5.84 Å². The third-order valence-corrected chi connectivity index (χ3v) is 3.42. The maximum absolute atomic E-state index is 12.2. The first-order valence-electron chi connectivity index (χ1n) is 6.21. The number of nitrogens with one attached hydrogen (secondary N) is 2. The van der Waals surface area contributed by atoms with Crippen molar-refractivity contribution < 1.29 is 4.79 Å². The second-order valence-corrected chi connectivity index (χ2v) is 4.74. The summed E-state index contributed by atoms with van der Waals surface area (Å²) in [5, 5.41) is 3.03. The number of aromatic nitrogens is 1. The zero-order valence-corrected chi connectivity index (χ0v) is 11.5. The van der Waals surface area contributed by atoms with Crippen molar-refractivity contribution in [3.8, 4) is 0 Å². The molecule has 1 aromatic heterocycles. The Morgan fingerprint density at radius 3 is 2.56 bits per heavy atom. The number of nitrogens with zero attached hydrogens (tertiary/aromatic N) is 1. The molecule has 1 amide bonds. The molecule has 0 aliphatic carbocycles. The summed E-state index contributed by atoms with van der Waals surface area (Å²) in [7, 11) is 0. The second kappa shape index (κ2) is 5.82. The lowest BCUT2D eigenvalue weighted by Crippen LogP contribution is -2.45. The van der Waals surface area contributed by atoms with E-state index in [0.29, 0.717) is 11.3 Å². The van der Waals surface area contributed by atoms with Crippen LogP contribution in [0.25, 0.3) is 0 Å². The maximum Gasteiger partial charge on any atom is 0.255 e. The number of anilines is 1. The van der Waals surface area contributed by atoms with Gasteiger partial charge in [0.15, 0.2) is 0 Å². The van der Waals surface area contributed by atoms with Crippen molar-refractivity contribution in [2.45, 2.75) is 46.1 Å². The number of aryl methyl sites for hydroxylation is 1. The molecular formula is C13H22N4O. The quantitative estimate of drug-likeness (QED) is 0.551. The summed E-state index contributed by atoms with van der Waals surface area (Å²) in [4.78, 5) is 16.4. The van der Waals surface area contributed by atoms with E-state index in [1.807, 2.05) is 13.8 Å². The van der Waals surface area contributed by atoms with Gasteiger partial charge in [0.25, 0.3) is 5.91 Å². The smallest absolute Gasteiger partial charge is 0.255 e. The van der Waals surface area contributed by atoms with Crippen LogP contribution in [0.1, 0.15) is 49.7 Å². The Kier molecular flexibility index (Phi) is 4.67. The van der Waals surface area contributed by atoms with Crippen LogP contribution in [0.4, 0.5) is 5.69 Å². The first-order valence-corrected chi connectivity index (χ1v) is 6.21. The molecular weight excluding hydrogens is 228 g/mol. The van der Waals surface area contributed by atoms with Gasteiger partial charge in [-0.05, 0) is 32.8 Å². The summed E-state index contributed by atoms with van der Waals surface area (Å²) in [6.45, 7) is 7.99. The highest BCUT2D eigenvalue weighted by Gasteiger charge is 2.23. The van der Waals surface area contributed by atoms with E-state index in [2.05, 4.69) is 29.6 Å². The molecule has 4 N–H and O–H groups in total. The molecule has 0 saturated heterocycles. The minimum absolute atomic E-state index is 0.151. The monoisotopic (exact) mass is 250 g/mol. The van der Waals surface area contributed by atoms with Gasteiger partial charge in [-0.1, -0.05) is 13.8 Å². The van der Waals surface area contributed by atoms with Crippen LogP contribution >= 0.6 is 0 Å². The molecule has 100 valence electrons. The molecule has 5 heteroatoms. The third-order valence-electron chi connectivity index (χ3n) is 3.42. The summed E-state index contributed by atoms with van der Waals surface area (Å²) in [5.41, 5.74) is 4.21. The van der Waals surface area contributed by atoms with Gasteiger partial charge >= 0.3 is 0 Å². The normalized spacial score (nSPS) is 11.2. The van der Waals surface area contributed by atoms with E-state index < -0.39 is 0 Å². The van der Waals surface area contributed by atoms with Crippen molar-refractivity contribution in [1.29, 1.82) is 0 Å². The Morgan fingerprint density at radius 2 is 2.06 bits per heavy atom. The first-order chi connectivity index (χ1) is 8.45. The van der Waals surface area contributed by atoms with Gasteiger partial charge < -0.3 is 10.7 Å². The van der Waals surface area contributed by atoms with Crippen molar-refractivity contribution in [2.75, 3.05) is 5.43 Å². The van der Waals surface area contributed by atoms with Crippen LogP contribution in [-0.2, 0) is 0 Å². The van der Waals surface area contributed by atoms with E-state index in [4.69, 9.17) is 5.84 Å². The lowest BCUT2D eigenvalue weighted by Gasteiger charge is -2.28. The molecule has 0 radical (unpaired) electrons. The van der Waals surface area contributed by atoms with Crippen LogP contribution in [0.2, 0.25) is 0 Å². The van der Waals surface area contributed by atoms with Crippen LogP contribution < -0.4 is 16.6 Å². The first kappa shape index (κ1) is 14.4. The zero-order valence-electron chi connectivity index (χ0n) is 11.5. The number of carbonyl (C=O) groups is 1. The van der Waals surface area contributed by atoms with Crippen LogP contribution in [-0.4, -0.2) is 16.4 Å². The number of carbonyl (C=O) groups excluding carboxylic acids is 1. The molecule has 0 aliphatic heterocycles. The lowest BCUT2D eigenvalue weighted by atomic mass is 9.95. The fraction of sp³-hybridized carbons (Fsp3) is 0.538. The predicted molar refractivity (Wildman–Crippen MR) is 73.2 cm³/mol. The van der Waals surface area contributed by atoms with Crippen molar-refractivity contribution >= 4 is 11.6 Å². The molecule has 5 nitrogen and oxygen atoms in total. The van der Waals surface area contributed by atoms with Gasteiger partial charge in [-0.15, -0.1) is 0 Å². The standard InChI is InChI=1S/C13H22N4O/c1-5-13(4,6-2)16-12(18)10-8-15-9(3)7-11(10)17-14/h7-8H,5-6,14H2,1-4H3,(H,15,17)(H,16,18). The van der Waals surface area contributed by atoms with Gasteiger partial charge in [0.2, 0.25) is 0 Å². The Labute approximate surface area is 108 Å². The summed E-state index contributed by atoms with van der Waals surface area (Å²) in [6, 6.07) is 1.75. The molecule has 1 rings (SSSR count). The predicted octanol–water partition coefficient (Wildman–Crippen LogP) is 1.98. The van der Waals surface area contributed by atoms with Crippen molar-refractivity contribution in [1.82, 2.24) is 10.3 Å². The number of rotatable bonds is 5. The SMILES string of the molecule is CCC(C)(CC)NC(=O)c1cnc(C)cc1NN. The minimum Gasteiger partial charge on any atom is -0.347 e. The van der Waals surface area contributed by atoms with Gasteiger partial charge in [-0.25, -0.2) is 0 Å². The maximum atomic E-state index is 12.2.